The van der Waals surface area contributed by atoms with Gasteiger partial charge in [-0.1, -0.05) is 0 Å². The molecule has 0 bridgehead atoms. The van der Waals surface area contributed by atoms with Gasteiger partial charge in [0.05, 0.1) is 5.75 Å². The molecule has 0 fully saturated rings. The summed E-state index contributed by atoms with van der Waals surface area (Å²) in [6.07, 6.45) is 0.255. The zero-order chi connectivity index (χ0) is 15.5. The van der Waals surface area contributed by atoms with Gasteiger partial charge in [0.2, 0.25) is 0 Å². The second kappa shape index (κ2) is 6.19. The van der Waals surface area contributed by atoms with Crippen molar-refractivity contribution in [3.63, 3.8) is 0 Å². The second-order valence-corrected chi connectivity index (χ2v) is 5.93. The van der Waals surface area contributed by atoms with Crippen LogP contribution in [0.5, 0.6) is 0 Å². The Morgan fingerprint density at radius 1 is 1.00 bits per heavy atom. The fraction of sp³-hybridized carbons (Fsp3) is 0.364. The topological polar surface area (TPSA) is 84.0 Å². The molecule has 1 rings (SSSR count). The number of unbranched alkanes of at least 4 members (excludes halogenated alkanes) is 1. The van der Waals surface area contributed by atoms with Crippen molar-refractivity contribution in [3.8, 4) is 6.07 Å². The number of sulfone groups is 1. The van der Waals surface area contributed by atoms with E-state index in [-0.39, 0.29) is 19.4 Å². The highest BCUT2D eigenvalue weighted by atomic mass is 32.2. The van der Waals surface area contributed by atoms with Crippen LogP contribution in [-0.4, -0.2) is 20.7 Å². The van der Waals surface area contributed by atoms with Gasteiger partial charge in [-0.25, -0.2) is 26.0 Å². The van der Waals surface area contributed by atoms with E-state index in [1.54, 1.807) is 0 Å². The molecule has 0 aliphatic heterocycles. The number of hydrogen-bond acceptors (Lipinski definition) is 4. The predicted molar refractivity (Wildman–Crippen MR) is 61.3 cm³/mol. The summed E-state index contributed by atoms with van der Waals surface area (Å²) in [4.78, 5) is -1.69. The Morgan fingerprint density at radius 3 is 1.90 bits per heavy atom. The molecule has 110 valence electrons. The molecule has 0 saturated heterocycles. The van der Waals surface area contributed by atoms with Crippen molar-refractivity contribution in [2.24, 2.45) is 5.73 Å². The third kappa shape index (κ3) is 2.91. The van der Waals surface area contributed by atoms with E-state index >= 15 is 0 Å². The van der Waals surface area contributed by atoms with Crippen molar-refractivity contribution in [1.82, 2.24) is 0 Å². The molecule has 1 aromatic rings. The first-order valence-electron chi connectivity index (χ1n) is 5.46. The second-order valence-electron chi connectivity index (χ2n) is 3.89. The van der Waals surface area contributed by atoms with Crippen molar-refractivity contribution in [1.29, 1.82) is 5.26 Å². The molecule has 0 heterocycles. The summed E-state index contributed by atoms with van der Waals surface area (Å²) in [5.41, 5.74) is 3.64. The van der Waals surface area contributed by atoms with Crippen LogP contribution in [0.25, 0.3) is 0 Å². The van der Waals surface area contributed by atoms with Crippen LogP contribution in [0.15, 0.2) is 4.90 Å². The highest BCUT2D eigenvalue weighted by Gasteiger charge is 2.32. The van der Waals surface area contributed by atoms with E-state index in [1.807, 2.05) is 0 Å². The van der Waals surface area contributed by atoms with Crippen LogP contribution in [0.1, 0.15) is 18.4 Å². The number of rotatable bonds is 5. The first-order chi connectivity index (χ1) is 9.27. The highest BCUT2D eigenvalue weighted by molar-refractivity contribution is 7.91. The number of halogens is 4. The lowest BCUT2D eigenvalue weighted by Gasteiger charge is -2.09. The van der Waals surface area contributed by atoms with E-state index in [4.69, 9.17) is 11.0 Å². The van der Waals surface area contributed by atoms with Crippen molar-refractivity contribution in [2.45, 2.75) is 17.7 Å². The monoisotopic (exact) mass is 310 g/mol. The summed E-state index contributed by atoms with van der Waals surface area (Å²) in [6, 6.07) is 0.935. The predicted octanol–water partition coefficient (Wildman–Crippen LogP) is 1.63. The zero-order valence-corrected chi connectivity index (χ0v) is 10.9. The fourth-order valence-corrected chi connectivity index (χ4v) is 3.03. The van der Waals surface area contributed by atoms with Crippen LogP contribution in [0.4, 0.5) is 17.6 Å². The Balaban J connectivity index is 3.44. The average molecular weight is 310 g/mol. The molecule has 0 unspecified atom stereocenters. The Hall–Kier alpha value is -1.66. The summed E-state index contributed by atoms with van der Waals surface area (Å²) in [5, 5.41) is 8.39. The SMILES string of the molecule is N#Cc1c(F)c(F)c(S(=O)(=O)CCCCN)c(F)c1F. The molecular weight excluding hydrogens is 300 g/mol. The van der Waals surface area contributed by atoms with E-state index in [0.29, 0.717) is 0 Å². The van der Waals surface area contributed by atoms with Gasteiger partial charge in [-0.3, -0.25) is 0 Å². The molecule has 0 radical (unpaired) electrons. The van der Waals surface area contributed by atoms with E-state index in [1.165, 1.54) is 0 Å². The molecule has 9 heteroatoms. The molecule has 0 aliphatic carbocycles. The van der Waals surface area contributed by atoms with E-state index in [0.717, 1.165) is 6.07 Å². The van der Waals surface area contributed by atoms with Crippen molar-refractivity contribution in [3.05, 3.63) is 28.8 Å². The zero-order valence-electron chi connectivity index (χ0n) is 10.1. The molecule has 0 atom stereocenters. The minimum Gasteiger partial charge on any atom is -0.330 e. The molecule has 0 saturated carbocycles. The van der Waals surface area contributed by atoms with E-state index in [9.17, 15) is 26.0 Å². The minimum atomic E-state index is -4.56. The first-order valence-corrected chi connectivity index (χ1v) is 7.12. The average Bonchev–Trinajstić information content (AvgIpc) is 2.37. The fourth-order valence-electron chi connectivity index (χ4n) is 1.52. The van der Waals surface area contributed by atoms with Gasteiger partial charge in [0.25, 0.3) is 0 Å². The Morgan fingerprint density at radius 2 is 1.50 bits per heavy atom. The quantitative estimate of drug-likeness (QED) is 0.509. The maximum absolute atomic E-state index is 13.6. The van der Waals surface area contributed by atoms with Gasteiger partial charge < -0.3 is 5.73 Å². The summed E-state index contributed by atoms with van der Waals surface area (Å²) in [5.74, 6) is -8.93. The number of benzene rings is 1. The number of nitrogens with two attached hydrogens (primary N) is 1. The van der Waals surface area contributed by atoms with Crippen LogP contribution in [0, 0.1) is 34.6 Å². The molecule has 0 aromatic heterocycles. The third-order valence-electron chi connectivity index (χ3n) is 2.51. The van der Waals surface area contributed by atoms with Gasteiger partial charge in [-0.2, -0.15) is 5.26 Å². The smallest absolute Gasteiger partial charge is 0.184 e. The third-order valence-corrected chi connectivity index (χ3v) is 4.32. The summed E-state index contributed by atoms with van der Waals surface area (Å²) < 4.78 is 77.2. The highest BCUT2D eigenvalue weighted by Crippen LogP contribution is 2.28. The summed E-state index contributed by atoms with van der Waals surface area (Å²) >= 11 is 0. The summed E-state index contributed by atoms with van der Waals surface area (Å²) in [7, 11) is -4.56. The van der Waals surface area contributed by atoms with Crippen LogP contribution in [0.3, 0.4) is 0 Å². The lowest BCUT2D eigenvalue weighted by Crippen LogP contribution is -2.16. The van der Waals surface area contributed by atoms with Crippen LogP contribution < -0.4 is 5.73 Å². The van der Waals surface area contributed by atoms with Crippen molar-refractivity contribution < 1.29 is 26.0 Å². The lowest BCUT2D eigenvalue weighted by molar-refractivity contribution is 0.416. The standard InChI is InChI=1S/C11H10F4N2O2S/c12-7-6(5-17)8(13)10(15)11(9(7)14)20(18,19)4-2-1-3-16/h1-4,16H2. The normalized spacial score (nSPS) is 11.4. The van der Waals surface area contributed by atoms with Gasteiger partial charge in [0.1, 0.15) is 16.5 Å². The first kappa shape index (κ1) is 16.4. The molecular formula is C11H10F4N2O2S. The van der Waals surface area contributed by atoms with Crippen LogP contribution >= 0.6 is 0 Å². The molecule has 0 spiro atoms. The number of nitrogens with zero attached hydrogens (tertiary/aromatic N) is 1. The molecule has 1 aromatic carbocycles. The van der Waals surface area contributed by atoms with Gasteiger partial charge in [0, 0.05) is 0 Å². The Kier molecular flexibility index (Phi) is 5.08. The largest absolute Gasteiger partial charge is 0.330 e. The van der Waals surface area contributed by atoms with Crippen molar-refractivity contribution in [2.75, 3.05) is 12.3 Å². The number of nitriles is 1. The van der Waals surface area contributed by atoms with Gasteiger partial charge in [0.15, 0.2) is 33.1 Å². The van der Waals surface area contributed by atoms with E-state index in [2.05, 4.69) is 0 Å². The Labute approximate surface area is 112 Å². The lowest BCUT2D eigenvalue weighted by atomic mass is 10.2. The molecule has 4 nitrogen and oxygen atoms in total. The molecule has 2 N–H and O–H groups in total. The number of hydrogen-bond donors (Lipinski definition) is 1. The minimum absolute atomic E-state index is 0.0129. The van der Waals surface area contributed by atoms with Crippen LogP contribution in [0.2, 0.25) is 0 Å². The Bertz CT molecular complexity index is 639. The molecule has 20 heavy (non-hydrogen) atoms. The maximum Gasteiger partial charge on any atom is 0.184 e. The van der Waals surface area contributed by atoms with Crippen LogP contribution in [-0.2, 0) is 9.84 Å². The maximum atomic E-state index is 13.6. The van der Waals surface area contributed by atoms with Gasteiger partial charge >= 0.3 is 0 Å². The van der Waals surface area contributed by atoms with Crippen molar-refractivity contribution >= 4 is 9.84 Å². The summed E-state index contributed by atoms with van der Waals surface area (Å²) in [6.45, 7) is 0.163. The molecule has 0 aliphatic rings. The van der Waals surface area contributed by atoms with Gasteiger partial charge in [-0.05, 0) is 19.4 Å². The molecule has 0 amide bonds. The van der Waals surface area contributed by atoms with Gasteiger partial charge in [-0.15, -0.1) is 0 Å². The van der Waals surface area contributed by atoms with E-state index < -0.39 is 49.3 Å².